The maximum atomic E-state index is 13.3. The minimum absolute atomic E-state index is 0.0426. The summed E-state index contributed by atoms with van der Waals surface area (Å²) in [5.74, 6) is 0.964. The smallest absolute Gasteiger partial charge is 0.279 e. The average molecular weight is 496 g/mol. The molecule has 3 heterocycles. The number of hydrogen-bond acceptors (Lipinski definition) is 8. The Balaban J connectivity index is 1.33. The Kier molecular flexibility index (Phi) is 5.91. The van der Waals surface area contributed by atoms with Crippen molar-refractivity contribution in [3.8, 4) is 28.9 Å². The van der Waals surface area contributed by atoms with E-state index < -0.39 is 15.1 Å². The first-order chi connectivity index (χ1) is 16.5. The van der Waals surface area contributed by atoms with Gasteiger partial charge in [0.05, 0.1) is 0 Å². The molecule has 11 heteroatoms. The number of piperidine rings is 1. The molecule has 1 aliphatic rings. The van der Waals surface area contributed by atoms with E-state index in [1.165, 1.54) is 4.31 Å². The van der Waals surface area contributed by atoms with Crippen molar-refractivity contribution in [1.82, 2.24) is 19.4 Å². The Morgan fingerprint density at radius 2 is 1.71 bits per heavy atom. The molecule has 0 unspecified atom stereocenters. The molecule has 4 aromatic rings. The fraction of sp³-hybridized carbons (Fsp3) is 0.217. The number of oxazole rings is 1. The summed E-state index contributed by atoms with van der Waals surface area (Å²) in [5.41, 5.74) is 1.09. The van der Waals surface area contributed by atoms with Gasteiger partial charge in [-0.15, -0.1) is 0 Å². The first kappa shape index (κ1) is 22.3. The van der Waals surface area contributed by atoms with Gasteiger partial charge >= 0.3 is 0 Å². The van der Waals surface area contributed by atoms with Crippen LogP contribution >= 0.6 is 11.6 Å². The van der Waals surface area contributed by atoms with E-state index in [-0.39, 0.29) is 30.6 Å². The van der Waals surface area contributed by atoms with E-state index >= 15 is 0 Å². The van der Waals surface area contributed by atoms with Crippen molar-refractivity contribution in [3.63, 3.8) is 0 Å². The summed E-state index contributed by atoms with van der Waals surface area (Å²) in [6, 6.07) is 17.9. The molecule has 1 fully saturated rings. The van der Waals surface area contributed by atoms with Crippen LogP contribution in [0.4, 0.5) is 0 Å². The second kappa shape index (κ2) is 9.02. The topological polar surface area (TPSA) is 126 Å². The molecule has 5 rings (SSSR count). The maximum Gasteiger partial charge on any atom is 0.279 e. The third-order valence-electron chi connectivity index (χ3n) is 5.64. The zero-order chi connectivity index (χ0) is 23.7. The molecule has 0 saturated carbocycles. The Labute approximate surface area is 200 Å². The highest BCUT2D eigenvalue weighted by molar-refractivity contribution is 7.89. The fourth-order valence-electron chi connectivity index (χ4n) is 3.83. The molecule has 0 spiro atoms. The number of nitrogens with zero attached hydrogens (tertiary/aromatic N) is 5. The monoisotopic (exact) mass is 495 g/mol. The Hall–Kier alpha value is -3.52. The Morgan fingerprint density at radius 1 is 1.00 bits per heavy atom. The molecule has 0 amide bonds. The van der Waals surface area contributed by atoms with Gasteiger partial charge in [-0.2, -0.15) is 19.5 Å². The van der Waals surface area contributed by atoms with Crippen LogP contribution in [-0.4, -0.2) is 40.9 Å². The lowest BCUT2D eigenvalue weighted by atomic mass is 9.98. The van der Waals surface area contributed by atoms with Gasteiger partial charge in [0.15, 0.2) is 5.69 Å². The van der Waals surface area contributed by atoms with Gasteiger partial charge in [-0.05, 0) is 37.1 Å². The van der Waals surface area contributed by atoms with Crippen LogP contribution in [0.15, 0.2) is 68.6 Å². The maximum absolute atomic E-state index is 13.3. The molecule has 2 aromatic heterocycles. The molecule has 0 atom stereocenters. The molecule has 9 nitrogen and oxygen atoms in total. The first-order valence-electron chi connectivity index (χ1n) is 10.5. The molecular formula is C23H18ClN5O4S. The number of nitriles is 1. The van der Waals surface area contributed by atoms with Gasteiger partial charge in [0.25, 0.3) is 15.1 Å². The summed E-state index contributed by atoms with van der Waals surface area (Å²) in [7, 11) is -4.05. The zero-order valence-electron chi connectivity index (χ0n) is 17.8. The number of rotatable bonds is 5. The molecular weight excluding hydrogens is 478 g/mol. The van der Waals surface area contributed by atoms with E-state index in [4.69, 9.17) is 20.5 Å². The Morgan fingerprint density at radius 3 is 2.38 bits per heavy atom. The zero-order valence-corrected chi connectivity index (χ0v) is 19.3. The van der Waals surface area contributed by atoms with E-state index in [1.54, 1.807) is 24.3 Å². The molecule has 34 heavy (non-hydrogen) atoms. The van der Waals surface area contributed by atoms with Crippen molar-refractivity contribution in [2.24, 2.45) is 0 Å². The van der Waals surface area contributed by atoms with Crippen molar-refractivity contribution in [2.45, 2.75) is 23.9 Å². The molecule has 0 bridgehead atoms. The van der Waals surface area contributed by atoms with Gasteiger partial charge in [-0.1, -0.05) is 47.1 Å². The highest BCUT2D eigenvalue weighted by Crippen LogP contribution is 2.33. The van der Waals surface area contributed by atoms with Gasteiger partial charge < -0.3 is 8.94 Å². The van der Waals surface area contributed by atoms with Crippen molar-refractivity contribution in [2.75, 3.05) is 13.1 Å². The van der Waals surface area contributed by atoms with E-state index in [1.807, 2.05) is 36.4 Å². The van der Waals surface area contributed by atoms with Crippen molar-refractivity contribution >= 4 is 21.6 Å². The normalized spacial score (nSPS) is 15.3. The molecule has 172 valence electrons. The second-order valence-corrected chi connectivity index (χ2v) is 10.0. The summed E-state index contributed by atoms with van der Waals surface area (Å²) in [6.45, 7) is 0.440. The Bertz CT molecular complexity index is 1450. The summed E-state index contributed by atoms with van der Waals surface area (Å²) in [6.07, 6.45) is 0.992. The number of hydrogen-bond donors (Lipinski definition) is 0. The van der Waals surface area contributed by atoms with Crippen LogP contribution in [0.5, 0.6) is 0 Å². The van der Waals surface area contributed by atoms with E-state index in [0.29, 0.717) is 35.1 Å². The minimum Gasteiger partial charge on any atom is -0.422 e. The van der Waals surface area contributed by atoms with E-state index in [9.17, 15) is 13.7 Å². The van der Waals surface area contributed by atoms with Gasteiger partial charge in [0, 0.05) is 35.2 Å². The summed E-state index contributed by atoms with van der Waals surface area (Å²) in [4.78, 5) is 8.57. The number of halogens is 1. The number of sulfonamides is 1. The van der Waals surface area contributed by atoms with Crippen LogP contribution in [0, 0.1) is 11.3 Å². The lowest BCUT2D eigenvalue weighted by Crippen LogP contribution is -2.38. The van der Waals surface area contributed by atoms with Crippen LogP contribution in [-0.2, 0) is 10.0 Å². The molecule has 2 aromatic carbocycles. The lowest BCUT2D eigenvalue weighted by molar-refractivity contribution is 0.267. The third kappa shape index (κ3) is 4.21. The van der Waals surface area contributed by atoms with Crippen LogP contribution in [0.1, 0.15) is 30.3 Å². The van der Waals surface area contributed by atoms with Crippen LogP contribution in [0.2, 0.25) is 5.02 Å². The van der Waals surface area contributed by atoms with Crippen molar-refractivity contribution in [3.05, 3.63) is 71.2 Å². The van der Waals surface area contributed by atoms with Crippen LogP contribution in [0.25, 0.3) is 22.8 Å². The minimum atomic E-state index is -4.05. The third-order valence-corrected chi connectivity index (χ3v) is 7.69. The highest BCUT2D eigenvalue weighted by atomic mass is 35.5. The van der Waals surface area contributed by atoms with Gasteiger partial charge in [0.2, 0.25) is 17.6 Å². The van der Waals surface area contributed by atoms with Crippen LogP contribution in [0.3, 0.4) is 0 Å². The lowest BCUT2D eigenvalue weighted by Gasteiger charge is -2.28. The van der Waals surface area contributed by atoms with Gasteiger partial charge in [0.1, 0.15) is 6.07 Å². The van der Waals surface area contributed by atoms with Crippen LogP contribution < -0.4 is 0 Å². The molecule has 1 saturated heterocycles. The van der Waals surface area contributed by atoms with E-state index in [0.717, 1.165) is 5.56 Å². The average Bonchev–Trinajstić information content (AvgIpc) is 3.53. The molecule has 1 aliphatic heterocycles. The van der Waals surface area contributed by atoms with E-state index in [2.05, 4.69) is 15.1 Å². The fourth-order valence-corrected chi connectivity index (χ4v) is 5.41. The SMILES string of the molecule is N#Cc1nc(-c2ccc(Cl)cc2)oc1S(=O)(=O)N1CCC(c2nc(-c3ccccc3)no2)CC1. The number of aromatic nitrogens is 3. The first-order valence-corrected chi connectivity index (χ1v) is 12.3. The predicted octanol–water partition coefficient (Wildman–Crippen LogP) is 4.48. The predicted molar refractivity (Wildman–Crippen MR) is 122 cm³/mol. The molecule has 0 aliphatic carbocycles. The summed E-state index contributed by atoms with van der Waals surface area (Å²) < 4.78 is 38.8. The largest absolute Gasteiger partial charge is 0.422 e. The van der Waals surface area contributed by atoms with Crippen molar-refractivity contribution in [1.29, 1.82) is 5.26 Å². The standard InChI is InChI=1S/C23H18ClN5O4S/c24-18-8-6-16(7-9-18)21-26-19(14-25)23(32-21)34(30,31)29-12-10-17(11-13-29)22-27-20(28-33-22)15-4-2-1-3-5-15/h1-9,17H,10-13H2. The van der Waals surface area contributed by atoms with Crippen molar-refractivity contribution < 1.29 is 17.4 Å². The quantitative estimate of drug-likeness (QED) is 0.396. The van der Waals surface area contributed by atoms with Gasteiger partial charge in [-0.3, -0.25) is 0 Å². The highest BCUT2D eigenvalue weighted by Gasteiger charge is 2.37. The molecule has 0 radical (unpaired) electrons. The van der Waals surface area contributed by atoms with Gasteiger partial charge in [-0.25, -0.2) is 8.42 Å². The second-order valence-electron chi connectivity index (χ2n) is 7.77. The summed E-state index contributed by atoms with van der Waals surface area (Å²) in [5, 5.41) is 13.6. The summed E-state index contributed by atoms with van der Waals surface area (Å²) >= 11 is 5.90. The molecule has 0 N–H and O–H groups in total. The number of benzene rings is 2.